The molecule has 140 valence electrons. The quantitative estimate of drug-likeness (QED) is 0.753. The van der Waals surface area contributed by atoms with Crippen LogP contribution in [-0.2, 0) is 6.54 Å². The minimum absolute atomic E-state index is 0.0601. The fourth-order valence-corrected chi connectivity index (χ4v) is 2.92. The SMILES string of the molecule is CN=CC1(NC(=O)c2cc(C(=O)NC)c(=O)n(Cc3ccccc3)c2)CC1. The molecular weight excluding hydrogens is 344 g/mol. The molecule has 27 heavy (non-hydrogen) atoms. The molecule has 7 heteroatoms. The molecule has 1 aliphatic rings. The molecule has 2 N–H and O–H groups in total. The van der Waals surface area contributed by atoms with Crippen LogP contribution in [0.5, 0.6) is 0 Å². The topological polar surface area (TPSA) is 92.6 Å². The average molecular weight is 366 g/mol. The zero-order valence-corrected chi connectivity index (χ0v) is 15.4. The Morgan fingerprint density at radius 3 is 2.52 bits per heavy atom. The van der Waals surface area contributed by atoms with E-state index in [0.29, 0.717) is 0 Å². The van der Waals surface area contributed by atoms with E-state index in [1.165, 1.54) is 23.9 Å². The van der Waals surface area contributed by atoms with Crippen molar-refractivity contribution in [2.24, 2.45) is 4.99 Å². The number of hydrogen-bond acceptors (Lipinski definition) is 4. The van der Waals surface area contributed by atoms with E-state index in [2.05, 4.69) is 15.6 Å². The number of carbonyl (C=O) groups is 2. The third kappa shape index (κ3) is 4.13. The monoisotopic (exact) mass is 366 g/mol. The van der Waals surface area contributed by atoms with Gasteiger partial charge in [0.1, 0.15) is 5.56 Å². The molecule has 0 saturated heterocycles. The van der Waals surface area contributed by atoms with Crippen LogP contribution in [0.2, 0.25) is 0 Å². The molecule has 1 aliphatic carbocycles. The van der Waals surface area contributed by atoms with Crippen molar-refractivity contribution in [3.63, 3.8) is 0 Å². The highest BCUT2D eigenvalue weighted by atomic mass is 16.2. The minimum atomic E-state index is -0.521. The van der Waals surface area contributed by atoms with Gasteiger partial charge in [0, 0.05) is 26.5 Å². The van der Waals surface area contributed by atoms with E-state index < -0.39 is 17.0 Å². The van der Waals surface area contributed by atoms with Crippen molar-refractivity contribution < 1.29 is 9.59 Å². The molecule has 1 heterocycles. The van der Waals surface area contributed by atoms with Gasteiger partial charge in [0.25, 0.3) is 17.4 Å². The summed E-state index contributed by atoms with van der Waals surface area (Å²) in [5.74, 6) is -0.855. The summed E-state index contributed by atoms with van der Waals surface area (Å²) in [6.07, 6.45) is 4.87. The Balaban J connectivity index is 1.98. The molecule has 1 fully saturated rings. The summed E-state index contributed by atoms with van der Waals surface area (Å²) in [5, 5.41) is 5.40. The number of nitrogens with one attached hydrogen (secondary N) is 2. The number of nitrogens with zero attached hydrogens (tertiary/aromatic N) is 2. The van der Waals surface area contributed by atoms with Crippen molar-refractivity contribution in [3.8, 4) is 0 Å². The second-order valence-corrected chi connectivity index (χ2v) is 6.64. The molecular formula is C20H22N4O3. The van der Waals surface area contributed by atoms with Crippen molar-refractivity contribution in [1.29, 1.82) is 0 Å². The van der Waals surface area contributed by atoms with Gasteiger partial charge in [0.2, 0.25) is 0 Å². The third-order valence-electron chi connectivity index (χ3n) is 4.54. The van der Waals surface area contributed by atoms with Crippen molar-refractivity contribution in [3.05, 3.63) is 69.6 Å². The fourth-order valence-electron chi connectivity index (χ4n) is 2.92. The van der Waals surface area contributed by atoms with Gasteiger partial charge in [-0.25, -0.2) is 0 Å². The number of pyridine rings is 1. The normalized spacial score (nSPS) is 14.7. The summed E-state index contributed by atoms with van der Waals surface area (Å²) in [4.78, 5) is 41.6. The predicted octanol–water partition coefficient (Wildman–Crippen LogP) is 1.22. The van der Waals surface area contributed by atoms with Crippen LogP contribution >= 0.6 is 0 Å². The Hall–Kier alpha value is -3.22. The van der Waals surface area contributed by atoms with E-state index in [4.69, 9.17) is 0 Å². The number of benzene rings is 1. The molecule has 1 aromatic carbocycles. The molecule has 0 spiro atoms. The van der Waals surface area contributed by atoms with Crippen LogP contribution in [0, 0.1) is 0 Å². The first kappa shape index (κ1) is 18.6. The highest BCUT2D eigenvalue weighted by Crippen LogP contribution is 2.33. The molecule has 2 aromatic rings. The minimum Gasteiger partial charge on any atom is -0.355 e. The van der Waals surface area contributed by atoms with Gasteiger partial charge in [-0.15, -0.1) is 0 Å². The number of aliphatic imine (C=N–C) groups is 1. The van der Waals surface area contributed by atoms with E-state index in [9.17, 15) is 14.4 Å². The average Bonchev–Trinajstić information content (AvgIpc) is 3.42. The number of amides is 2. The first-order chi connectivity index (χ1) is 13.0. The number of hydrogen-bond donors (Lipinski definition) is 2. The van der Waals surface area contributed by atoms with Gasteiger partial charge in [-0.3, -0.25) is 19.4 Å². The van der Waals surface area contributed by atoms with Crippen LogP contribution in [0.15, 0.2) is 52.4 Å². The smallest absolute Gasteiger partial charge is 0.263 e. The first-order valence-electron chi connectivity index (χ1n) is 8.74. The van der Waals surface area contributed by atoms with Gasteiger partial charge >= 0.3 is 0 Å². The second kappa shape index (κ2) is 7.57. The summed E-state index contributed by atoms with van der Waals surface area (Å²) in [6, 6.07) is 10.7. The van der Waals surface area contributed by atoms with Crippen LogP contribution in [0.1, 0.15) is 39.1 Å². The number of aromatic nitrogens is 1. The zero-order chi connectivity index (χ0) is 19.4. The maximum Gasteiger partial charge on any atom is 0.263 e. The van der Waals surface area contributed by atoms with Gasteiger partial charge in [0.05, 0.1) is 17.6 Å². The lowest BCUT2D eigenvalue weighted by molar-refractivity contribution is 0.0943. The molecule has 1 aromatic heterocycles. The first-order valence-corrected chi connectivity index (χ1v) is 8.74. The molecule has 2 amide bonds. The van der Waals surface area contributed by atoms with Gasteiger partial charge in [0.15, 0.2) is 0 Å². The molecule has 7 nitrogen and oxygen atoms in total. The van der Waals surface area contributed by atoms with E-state index >= 15 is 0 Å². The van der Waals surface area contributed by atoms with E-state index in [1.807, 2.05) is 30.3 Å². The number of rotatable bonds is 6. The summed E-state index contributed by atoms with van der Waals surface area (Å²) in [5.41, 5.74) is 0.247. The largest absolute Gasteiger partial charge is 0.355 e. The Morgan fingerprint density at radius 1 is 1.22 bits per heavy atom. The molecule has 1 saturated carbocycles. The van der Waals surface area contributed by atoms with Crippen LogP contribution in [-0.4, -0.2) is 42.2 Å². The summed E-state index contributed by atoms with van der Waals surface area (Å²) < 4.78 is 1.39. The van der Waals surface area contributed by atoms with E-state index in [1.54, 1.807) is 13.3 Å². The van der Waals surface area contributed by atoms with Crippen molar-refractivity contribution in [1.82, 2.24) is 15.2 Å². The standard InChI is InChI=1S/C20H22N4O3/c1-21-13-20(8-9-20)23-17(25)15-10-16(18(26)22-2)19(27)24(12-15)11-14-6-4-3-5-7-14/h3-7,10,12-13H,8-9,11H2,1-2H3,(H,22,26)(H,23,25). The molecule has 0 radical (unpaired) electrons. The van der Waals surface area contributed by atoms with E-state index in [-0.39, 0.29) is 23.6 Å². The van der Waals surface area contributed by atoms with Gasteiger partial charge in [-0.2, -0.15) is 0 Å². The van der Waals surface area contributed by atoms with Crippen LogP contribution < -0.4 is 16.2 Å². The van der Waals surface area contributed by atoms with Crippen LogP contribution in [0.25, 0.3) is 0 Å². The van der Waals surface area contributed by atoms with Crippen molar-refractivity contribution in [2.45, 2.75) is 24.9 Å². The van der Waals surface area contributed by atoms with E-state index in [0.717, 1.165) is 18.4 Å². The lowest BCUT2D eigenvalue weighted by Crippen LogP contribution is -2.39. The predicted molar refractivity (Wildman–Crippen MR) is 103 cm³/mol. The Kier molecular flexibility index (Phi) is 5.21. The van der Waals surface area contributed by atoms with Gasteiger partial charge in [-0.05, 0) is 24.5 Å². The zero-order valence-electron chi connectivity index (χ0n) is 15.4. The fraction of sp³-hybridized carbons (Fsp3) is 0.300. The third-order valence-corrected chi connectivity index (χ3v) is 4.54. The van der Waals surface area contributed by atoms with Crippen molar-refractivity contribution >= 4 is 18.0 Å². The highest BCUT2D eigenvalue weighted by molar-refractivity contribution is 6.00. The lowest BCUT2D eigenvalue weighted by Gasteiger charge is -2.15. The molecule has 0 atom stereocenters. The Morgan fingerprint density at radius 2 is 1.93 bits per heavy atom. The van der Waals surface area contributed by atoms with Crippen molar-refractivity contribution in [2.75, 3.05) is 14.1 Å². The summed E-state index contributed by atoms with van der Waals surface area (Å²) in [6.45, 7) is 0.270. The molecule has 0 bridgehead atoms. The Labute approximate surface area is 157 Å². The lowest BCUT2D eigenvalue weighted by atomic mass is 10.1. The van der Waals surface area contributed by atoms with Gasteiger partial charge in [-0.1, -0.05) is 30.3 Å². The van der Waals surface area contributed by atoms with Gasteiger partial charge < -0.3 is 15.2 Å². The summed E-state index contributed by atoms with van der Waals surface area (Å²) >= 11 is 0. The number of carbonyl (C=O) groups excluding carboxylic acids is 2. The Bertz CT molecular complexity index is 943. The van der Waals surface area contributed by atoms with Crippen LogP contribution in [0.4, 0.5) is 0 Å². The maximum absolute atomic E-state index is 12.7. The molecule has 0 unspecified atom stereocenters. The molecule has 0 aliphatic heterocycles. The second-order valence-electron chi connectivity index (χ2n) is 6.64. The molecule has 3 rings (SSSR count). The highest BCUT2D eigenvalue weighted by Gasteiger charge is 2.42. The van der Waals surface area contributed by atoms with Crippen LogP contribution in [0.3, 0.4) is 0 Å². The maximum atomic E-state index is 12.7. The summed E-state index contributed by atoms with van der Waals surface area (Å²) in [7, 11) is 3.11.